The van der Waals surface area contributed by atoms with E-state index in [1.54, 1.807) is 11.1 Å². The fourth-order valence-corrected chi connectivity index (χ4v) is 3.21. The second-order valence-electron chi connectivity index (χ2n) is 6.55. The van der Waals surface area contributed by atoms with Gasteiger partial charge in [0.25, 0.3) is 5.91 Å². The fraction of sp³-hybridized carbons (Fsp3) is 0.647. The van der Waals surface area contributed by atoms with Crippen molar-refractivity contribution in [3.8, 4) is 0 Å². The fourth-order valence-electron chi connectivity index (χ4n) is 3.21. The van der Waals surface area contributed by atoms with Gasteiger partial charge in [0, 0.05) is 45.5 Å². The van der Waals surface area contributed by atoms with Gasteiger partial charge in [-0.25, -0.2) is 4.98 Å². The second-order valence-corrected chi connectivity index (χ2v) is 6.55. The lowest BCUT2D eigenvalue weighted by atomic mass is 10.1. The molecule has 7 nitrogen and oxygen atoms in total. The number of aryl methyl sites for hydroxylation is 1. The van der Waals surface area contributed by atoms with E-state index in [1.807, 2.05) is 11.8 Å². The van der Waals surface area contributed by atoms with Crippen LogP contribution in [0.15, 0.2) is 12.4 Å². The van der Waals surface area contributed by atoms with E-state index in [0.717, 1.165) is 44.7 Å². The van der Waals surface area contributed by atoms with Crippen molar-refractivity contribution in [3.05, 3.63) is 23.8 Å². The zero-order valence-electron chi connectivity index (χ0n) is 14.3. The lowest BCUT2D eigenvalue weighted by Crippen LogP contribution is -2.52. The maximum atomic E-state index is 12.4. The number of rotatable bonds is 3. The van der Waals surface area contributed by atoms with Crippen molar-refractivity contribution in [2.45, 2.75) is 26.2 Å². The average molecular weight is 331 g/mol. The summed E-state index contributed by atoms with van der Waals surface area (Å²) in [6.07, 6.45) is 6.61. The molecule has 130 valence electrons. The van der Waals surface area contributed by atoms with Gasteiger partial charge in [0.2, 0.25) is 5.91 Å². The van der Waals surface area contributed by atoms with Gasteiger partial charge in [0.05, 0.1) is 18.4 Å². The van der Waals surface area contributed by atoms with Gasteiger partial charge in [-0.05, 0) is 26.2 Å². The Morgan fingerprint density at radius 2 is 1.62 bits per heavy atom. The summed E-state index contributed by atoms with van der Waals surface area (Å²) in [6.45, 7) is 6.80. The molecule has 3 rings (SSSR count). The monoisotopic (exact) mass is 331 g/mol. The number of aromatic nitrogens is 2. The van der Waals surface area contributed by atoms with Gasteiger partial charge in [-0.3, -0.25) is 19.5 Å². The summed E-state index contributed by atoms with van der Waals surface area (Å²) >= 11 is 0. The SMILES string of the molecule is Cc1cnc(C(=O)N2CCN(CC(=O)N3CCCCC3)CC2)cn1. The Labute approximate surface area is 142 Å². The molecule has 7 heteroatoms. The van der Waals surface area contributed by atoms with Gasteiger partial charge < -0.3 is 9.80 Å². The molecule has 1 aromatic rings. The molecule has 0 N–H and O–H groups in total. The van der Waals surface area contributed by atoms with Gasteiger partial charge in [-0.15, -0.1) is 0 Å². The molecule has 2 amide bonds. The van der Waals surface area contributed by atoms with Crippen LogP contribution in [0, 0.1) is 6.92 Å². The number of carbonyl (C=O) groups is 2. The van der Waals surface area contributed by atoms with E-state index in [4.69, 9.17) is 0 Å². The number of hydrogen-bond acceptors (Lipinski definition) is 5. The summed E-state index contributed by atoms with van der Waals surface area (Å²) in [6, 6.07) is 0. The highest BCUT2D eigenvalue weighted by molar-refractivity contribution is 5.92. The van der Waals surface area contributed by atoms with Gasteiger partial charge in [-0.2, -0.15) is 0 Å². The lowest BCUT2D eigenvalue weighted by molar-refractivity contribution is -0.133. The van der Waals surface area contributed by atoms with E-state index in [1.165, 1.54) is 12.6 Å². The molecule has 0 aliphatic carbocycles. The molecular weight excluding hydrogens is 306 g/mol. The molecule has 0 bridgehead atoms. The Hall–Kier alpha value is -2.02. The lowest BCUT2D eigenvalue weighted by Gasteiger charge is -2.35. The first kappa shape index (κ1) is 16.8. The number of carbonyl (C=O) groups excluding carboxylic acids is 2. The van der Waals surface area contributed by atoms with E-state index in [9.17, 15) is 9.59 Å². The quantitative estimate of drug-likeness (QED) is 0.809. The molecule has 2 aliphatic heterocycles. The molecular formula is C17H25N5O2. The van der Waals surface area contributed by atoms with Gasteiger partial charge in [0.15, 0.2) is 0 Å². The van der Waals surface area contributed by atoms with Gasteiger partial charge in [-0.1, -0.05) is 0 Å². The van der Waals surface area contributed by atoms with Crippen molar-refractivity contribution in [1.29, 1.82) is 0 Å². The van der Waals surface area contributed by atoms with Crippen LogP contribution < -0.4 is 0 Å². The number of amides is 2. The zero-order chi connectivity index (χ0) is 16.9. The van der Waals surface area contributed by atoms with Crippen molar-refractivity contribution in [2.24, 2.45) is 0 Å². The Kier molecular flexibility index (Phi) is 5.40. The van der Waals surface area contributed by atoms with Gasteiger partial charge >= 0.3 is 0 Å². The Morgan fingerprint density at radius 3 is 2.25 bits per heavy atom. The molecule has 0 unspecified atom stereocenters. The maximum Gasteiger partial charge on any atom is 0.274 e. The summed E-state index contributed by atoms with van der Waals surface area (Å²) in [4.78, 5) is 38.9. The smallest absolute Gasteiger partial charge is 0.274 e. The number of hydrogen-bond donors (Lipinski definition) is 0. The standard InChI is InChI=1S/C17H25N5O2/c1-14-11-19-15(12-18-14)17(24)22-9-7-20(8-10-22)13-16(23)21-5-3-2-4-6-21/h11-12H,2-10,13H2,1H3. The molecule has 0 spiro atoms. The molecule has 1 aromatic heterocycles. The Bertz CT molecular complexity index is 575. The highest BCUT2D eigenvalue weighted by Gasteiger charge is 2.25. The highest BCUT2D eigenvalue weighted by atomic mass is 16.2. The van der Waals surface area contributed by atoms with Crippen LogP contribution in [-0.4, -0.2) is 82.3 Å². The number of likely N-dealkylation sites (tertiary alicyclic amines) is 1. The number of piperazine rings is 1. The van der Waals surface area contributed by atoms with E-state index in [2.05, 4.69) is 14.9 Å². The van der Waals surface area contributed by atoms with Crippen LogP contribution in [0.25, 0.3) is 0 Å². The summed E-state index contributed by atoms with van der Waals surface area (Å²) in [7, 11) is 0. The average Bonchev–Trinajstić information content (AvgIpc) is 2.63. The van der Waals surface area contributed by atoms with E-state index in [-0.39, 0.29) is 11.8 Å². The van der Waals surface area contributed by atoms with Crippen LogP contribution in [0.3, 0.4) is 0 Å². The first-order chi connectivity index (χ1) is 11.6. The van der Waals surface area contributed by atoms with E-state index in [0.29, 0.717) is 25.3 Å². The van der Waals surface area contributed by atoms with Crippen molar-refractivity contribution < 1.29 is 9.59 Å². The highest BCUT2D eigenvalue weighted by Crippen LogP contribution is 2.11. The molecule has 0 radical (unpaired) electrons. The van der Waals surface area contributed by atoms with Crippen molar-refractivity contribution in [2.75, 3.05) is 45.8 Å². The van der Waals surface area contributed by atoms with Crippen LogP contribution in [0.2, 0.25) is 0 Å². The summed E-state index contributed by atoms with van der Waals surface area (Å²) in [5, 5.41) is 0. The molecule has 24 heavy (non-hydrogen) atoms. The summed E-state index contributed by atoms with van der Waals surface area (Å²) in [5.41, 5.74) is 1.19. The first-order valence-corrected chi connectivity index (χ1v) is 8.71. The minimum atomic E-state index is -0.0792. The third-order valence-corrected chi connectivity index (χ3v) is 4.73. The summed E-state index contributed by atoms with van der Waals surface area (Å²) < 4.78 is 0. The minimum Gasteiger partial charge on any atom is -0.342 e. The van der Waals surface area contributed by atoms with Crippen molar-refractivity contribution in [1.82, 2.24) is 24.7 Å². The Morgan fingerprint density at radius 1 is 0.917 bits per heavy atom. The minimum absolute atomic E-state index is 0.0792. The summed E-state index contributed by atoms with van der Waals surface area (Å²) in [5.74, 6) is 0.142. The third-order valence-electron chi connectivity index (χ3n) is 4.73. The van der Waals surface area contributed by atoms with Crippen LogP contribution >= 0.6 is 0 Å². The molecule has 0 aromatic carbocycles. The van der Waals surface area contributed by atoms with Crippen LogP contribution in [-0.2, 0) is 4.79 Å². The van der Waals surface area contributed by atoms with Crippen molar-refractivity contribution >= 4 is 11.8 Å². The third kappa shape index (κ3) is 4.08. The predicted molar refractivity (Wildman–Crippen MR) is 89.5 cm³/mol. The second kappa shape index (κ2) is 7.70. The normalized spacial score (nSPS) is 19.4. The molecule has 2 saturated heterocycles. The largest absolute Gasteiger partial charge is 0.342 e. The maximum absolute atomic E-state index is 12.4. The molecule has 2 fully saturated rings. The van der Waals surface area contributed by atoms with Crippen LogP contribution in [0.5, 0.6) is 0 Å². The first-order valence-electron chi connectivity index (χ1n) is 8.71. The molecule has 2 aliphatic rings. The molecule has 0 atom stereocenters. The molecule has 3 heterocycles. The van der Waals surface area contributed by atoms with E-state index >= 15 is 0 Å². The van der Waals surface area contributed by atoms with Crippen molar-refractivity contribution in [3.63, 3.8) is 0 Å². The number of nitrogens with zero attached hydrogens (tertiary/aromatic N) is 5. The molecule has 0 saturated carbocycles. The van der Waals surface area contributed by atoms with Crippen LogP contribution in [0.1, 0.15) is 35.4 Å². The number of piperidine rings is 1. The Balaban J connectivity index is 1.47. The van der Waals surface area contributed by atoms with E-state index < -0.39 is 0 Å². The topological polar surface area (TPSA) is 69.6 Å². The van der Waals surface area contributed by atoms with Gasteiger partial charge in [0.1, 0.15) is 5.69 Å². The van der Waals surface area contributed by atoms with Crippen LogP contribution in [0.4, 0.5) is 0 Å². The zero-order valence-corrected chi connectivity index (χ0v) is 14.3. The predicted octanol–water partition coefficient (Wildman–Crippen LogP) is 0.555.